The van der Waals surface area contributed by atoms with Gasteiger partial charge in [0.1, 0.15) is 5.15 Å². The molecule has 2 N–H and O–H groups in total. The van der Waals surface area contributed by atoms with Crippen LogP contribution in [0.3, 0.4) is 0 Å². The Morgan fingerprint density at radius 1 is 1.45 bits per heavy atom. The van der Waals surface area contributed by atoms with Gasteiger partial charge in [0.2, 0.25) is 0 Å². The van der Waals surface area contributed by atoms with E-state index in [2.05, 4.69) is 15.6 Å². The van der Waals surface area contributed by atoms with Gasteiger partial charge >= 0.3 is 0 Å². The number of carbonyl (C=O) groups is 1. The number of fused-ring (bicyclic) bond motifs is 2. The van der Waals surface area contributed by atoms with E-state index in [0.29, 0.717) is 32.4 Å². The van der Waals surface area contributed by atoms with Crippen molar-refractivity contribution in [1.82, 2.24) is 15.6 Å². The highest BCUT2D eigenvalue weighted by atomic mass is 35.5. The number of nitrogens with zero attached hydrogens (tertiary/aromatic N) is 1. The van der Waals surface area contributed by atoms with Crippen molar-refractivity contribution in [2.45, 2.75) is 37.4 Å². The zero-order valence-corrected chi connectivity index (χ0v) is 13.9. The quantitative estimate of drug-likeness (QED) is 0.883. The van der Waals surface area contributed by atoms with Gasteiger partial charge in [-0.3, -0.25) is 4.79 Å². The molecule has 0 aliphatic carbocycles. The maximum Gasteiger partial charge on any atom is 0.280 e. The normalized spacial score (nSPS) is 26.3. The van der Waals surface area contributed by atoms with E-state index < -0.39 is 0 Å². The Hall–Kier alpha value is -1.15. The molecule has 0 aromatic carbocycles. The number of nitrogens with one attached hydrogen (secondary N) is 2. The van der Waals surface area contributed by atoms with Crippen molar-refractivity contribution in [2.24, 2.45) is 0 Å². The highest BCUT2D eigenvalue weighted by Crippen LogP contribution is 2.33. The minimum Gasteiger partial charge on any atom is -0.420 e. The second kappa shape index (κ2) is 5.81. The summed E-state index contributed by atoms with van der Waals surface area (Å²) in [5.41, 5.74) is 0. The topological polar surface area (TPSA) is 63.2 Å². The van der Waals surface area contributed by atoms with Crippen molar-refractivity contribution in [1.29, 1.82) is 0 Å². The fourth-order valence-corrected chi connectivity index (χ4v) is 4.71. The molecule has 2 aliphatic rings. The molecule has 2 aromatic rings. The smallest absolute Gasteiger partial charge is 0.280 e. The van der Waals surface area contributed by atoms with Crippen molar-refractivity contribution in [3.8, 4) is 10.3 Å². The lowest BCUT2D eigenvalue weighted by atomic mass is 9.95. The average Bonchev–Trinajstić information content (AvgIpc) is 3.24. The van der Waals surface area contributed by atoms with Crippen molar-refractivity contribution >= 4 is 40.2 Å². The maximum absolute atomic E-state index is 12.3. The summed E-state index contributed by atoms with van der Waals surface area (Å²) in [6.45, 7) is 0. The zero-order valence-electron chi connectivity index (χ0n) is 11.5. The van der Waals surface area contributed by atoms with Crippen molar-refractivity contribution in [3.63, 3.8) is 0 Å². The summed E-state index contributed by atoms with van der Waals surface area (Å²) < 4.78 is 5.60. The van der Waals surface area contributed by atoms with Gasteiger partial charge in [-0.15, -0.1) is 0 Å². The molecule has 2 bridgehead atoms. The van der Waals surface area contributed by atoms with Crippen LogP contribution in [0.4, 0.5) is 0 Å². The van der Waals surface area contributed by atoms with E-state index in [9.17, 15) is 4.79 Å². The van der Waals surface area contributed by atoms with Crippen molar-refractivity contribution in [3.05, 3.63) is 27.5 Å². The first-order chi connectivity index (χ1) is 10.7. The van der Waals surface area contributed by atoms with Gasteiger partial charge in [-0.2, -0.15) is 4.98 Å². The Bertz CT molecular complexity index is 702. The molecule has 0 radical (unpaired) electrons. The molecule has 8 heteroatoms. The van der Waals surface area contributed by atoms with E-state index >= 15 is 0 Å². The zero-order chi connectivity index (χ0) is 15.1. The minimum atomic E-state index is -0.0311. The standard InChI is InChI=1S/C14H14ClN3O2S2/c15-11-6-21-14(18-11)20-12-4-3-10(22-12)13(19)17-9-5-7-1-2-8(9)16-7/h3-4,6-9,16H,1-2,5H2,(H,17,19). The van der Waals surface area contributed by atoms with Crippen LogP contribution in [0.1, 0.15) is 28.9 Å². The van der Waals surface area contributed by atoms with E-state index in [-0.39, 0.29) is 11.9 Å². The van der Waals surface area contributed by atoms with Gasteiger partial charge in [-0.05, 0) is 31.4 Å². The summed E-state index contributed by atoms with van der Waals surface area (Å²) in [5.74, 6) is -0.0311. The maximum atomic E-state index is 12.3. The van der Waals surface area contributed by atoms with Crippen LogP contribution in [-0.4, -0.2) is 29.0 Å². The van der Waals surface area contributed by atoms with Crippen LogP contribution in [-0.2, 0) is 0 Å². The first kappa shape index (κ1) is 14.4. The minimum absolute atomic E-state index is 0.0311. The molecule has 0 saturated carbocycles. The highest BCUT2D eigenvalue weighted by Gasteiger charge is 2.39. The third kappa shape index (κ3) is 2.86. The molecule has 1 amide bonds. The van der Waals surface area contributed by atoms with E-state index in [1.807, 2.05) is 0 Å². The van der Waals surface area contributed by atoms with E-state index in [1.54, 1.807) is 17.5 Å². The summed E-state index contributed by atoms with van der Waals surface area (Å²) in [6.07, 6.45) is 3.41. The van der Waals surface area contributed by atoms with Gasteiger partial charge in [-0.25, -0.2) is 0 Å². The number of ether oxygens (including phenoxy) is 1. The van der Waals surface area contributed by atoms with Crippen LogP contribution in [0, 0.1) is 0 Å². The number of carbonyl (C=O) groups excluding carboxylic acids is 1. The van der Waals surface area contributed by atoms with Crippen molar-refractivity contribution < 1.29 is 9.53 Å². The third-order valence-corrected chi connectivity index (χ3v) is 6.07. The second-order valence-electron chi connectivity index (χ2n) is 5.52. The first-order valence-corrected chi connectivity index (χ1v) is 9.20. The second-order valence-corrected chi connectivity index (χ2v) is 7.77. The molecular weight excluding hydrogens is 342 g/mol. The number of hydrogen-bond donors (Lipinski definition) is 2. The molecule has 0 spiro atoms. The molecular formula is C14H14ClN3O2S2. The third-order valence-electron chi connectivity index (χ3n) is 4.06. The summed E-state index contributed by atoms with van der Waals surface area (Å²) in [5, 5.41) is 9.89. The predicted octanol–water partition coefficient (Wildman–Crippen LogP) is 3.27. The largest absolute Gasteiger partial charge is 0.420 e. The van der Waals surface area contributed by atoms with Crippen LogP contribution in [0.5, 0.6) is 10.3 Å². The molecule has 3 atom stereocenters. The van der Waals surface area contributed by atoms with Crippen LogP contribution < -0.4 is 15.4 Å². The van der Waals surface area contributed by atoms with Crippen LogP contribution in [0.25, 0.3) is 0 Å². The van der Waals surface area contributed by atoms with Gasteiger partial charge in [-0.1, -0.05) is 34.3 Å². The average molecular weight is 356 g/mol. The molecule has 3 unspecified atom stereocenters. The first-order valence-electron chi connectivity index (χ1n) is 7.13. The Morgan fingerprint density at radius 2 is 2.36 bits per heavy atom. The fraction of sp³-hybridized carbons (Fsp3) is 0.429. The molecule has 2 aliphatic heterocycles. The lowest BCUT2D eigenvalue weighted by molar-refractivity contribution is 0.0935. The lowest BCUT2D eigenvalue weighted by Gasteiger charge is -2.20. The molecule has 2 saturated heterocycles. The van der Waals surface area contributed by atoms with E-state index in [1.165, 1.54) is 29.1 Å². The van der Waals surface area contributed by atoms with E-state index in [0.717, 1.165) is 12.8 Å². The number of aromatic nitrogens is 1. The van der Waals surface area contributed by atoms with Gasteiger partial charge in [0.15, 0.2) is 5.06 Å². The summed E-state index contributed by atoms with van der Waals surface area (Å²) in [4.78, 5) is 17.0. The molecule has 4 heterocycles. The van der Waals surface area contributed by atoms with Crippen LogP contribution >= 0.6 is 34.3 Å². The molecule has 2 aromatic heterocycles. The molecule has 22 heavy (non-hydrogen) atoms. The van der Waals surface area contributed by atoms with Gasteiger partial charge in [0.05, 0.1) is 4.88 Å². The summed E-state index contributed by atoms with van der Waals surface area (Å²) in [7, 11) is 0. The Kier molecular flexibility index (Phi) is 3.81. The Labute approximate surface area is 140 Å². The Balaban J connectivity index is 1.39. The highest BCUT2D eigenvalue weighted by molar-refractivity contribution is 7.16. The number of thiazole rings is 1. The van der Waals surface area contributed by atoms with Gasteiger partial charge in [0.25, 0.3) is 11.1 Å². The molecule has 2 fully saturated rings. The number of halogens is 1. The predicted molar refractivity (Wildman–Crippen MR) is 87.3 cm³/mol. The van der Waals surface area contributed by atoms with E-state index in [4.69, 9.17) is 16.3 Å². The van der Waals surface area contributed by atoms with Crippen molar-refractivity contribution in [2.75, 3.05) is 0 Å². The van der Waals surface area contributed by atoms with Crippen LogP contribution in [0.15, 0.2) is 17.5 Å². The fourth-order valence-electron chi connectivity index (χ4n) is 3.09. The van der Waals surface area contributed by atoms with Gasteiger partial charge in [0, 0.05) is 23.5 Å². The number of hydrogen-bond acceptors (Lipinski definition) is 6. The molecule has 5 nitrogen and oxygen atoms in total. The SMILES string of the molecule is O=C(NC1CC2CCC1N2)c1ccc(Oc2nc(Cl)cs2)s1. The number of thiophene rings is 1. The lowest BCUT2D eigenvalue weighted by Crippen LogP contribution is -2.42. The Morgan fingerprint density at radius 3 is 3.05 bits per heavy atom. The monoisotopic (exact) mass is 355 g/mol. The molecule has 4 rings (SSSR count). The summed E-state index contributed by atoms with van der Waals surface area (Å²) >= 11 is 8.41. The number of rotatable bonds is 4. The molecule has 116 valence electrons. The van der Waals surface area contributed by atoms with Crippen LogP contribution in [0.2, 0.25) is 5.15 Å². The van der Waals surface area contributed by atoms with Gasteiger partial charge < -0.3 is 15.4 Å². The summed E-state index contributed by atoms with van der Waals surface area (Å²) in [6, 6.07) is 4.82. The number of amides is 1.